The smallest absolute Gasteiger partial charge is 0.338 e. The maximum atomic E-state index is 13.0. The summed E-state index contributed by atoms with van der Waals surface area (Å²) in [5.74, 6) is 0.408. The lowest BCUT2D eigenvalue weighted by atomic mass is 10.0. The van der Waals surface area contributed by atoms with Gasteiger partial charge >= 0.3 is 6.18 Å². The van der Waals surface area contributed by atoms with E-state index in [1.54, 1.807) is 6.07 Å². The number of aromatic nitrogens is 2. The van der Waals surface area contributed by atoms with E-state index in [0.29, 0.717) is 11.5 Å². The number of nitrogens with zero attached hydrogens (tertiary/aromatic N) is 2. The van der Waals surface area contributed by atoms with Gasteiger partial charge in [0.25, 0.3) is 0 Å². The molecule has 0 aliphatic rings. The van der Waals surface area contributed by atoms with Gasteiger partial charge in [0.15, 0.2) is 5.82 Å². The molecule has 4 aromatic rings. The van der Waals surface area contributed by atoms with E-state index >= 15 is 0 Å². The van der Waals surface area contributed by atoms with E-state index in [1.165, 1.54) is 6.07 Å². The van der Waals surface area contributed by atoms with Gasteiger partial charge in [0.1, 0.15) is 5.69 Å². The first kappa shape index (κ1) is 18.0. The minimum absolute atomic E-state index is 0.303. The van der Waals surface area contributed by atoms with Crippen LogP contribution in [0.5, 0.6) is 0 Å². The lowest BCUT2D eigenvalue weighted by Crippen LogP contribution is -2.05. The number of hydrogen-bond donors (Lipinski definition) is 1. The molecule has 4 rings (SSSR count). The topological polar surface area (TPSA) is 37.8 Å². The first-order valence-corrected chi connectivity index (χ1v) is 8.68. The molecule has 0 radical (unpaired) electrons. The molecule has 6 heteroatoms. The van der Waals surface area contributed by atoms with Crippen LogP contribution in [-0.4, -0.2) is 10.2 Å². The first-order chi connectivity index (χ1) is 13.4. The summed E-state index contributed by atoms with van der Waals surface area (Å²) in [7, 11) is 0. The Balaban J connectivity index is 1.78. The summed E-state index contributed by atoms with van der Waals surface area (Å²) >= 11 is 0. The summed E-state index contributed by atoms with van der Waals surface area (Å²) in [5, 5.41) is 13.2. The van der Waals surface area contributed by atoms with Gasteiger partial charge in [0.2, 0.25) is 0 Å². The number of hydrogen-bond acceptors (Lipinski definition) is 3. The van der Waals surface area contributed by atoms with E-state index in [4.69, 9.17) is 0 Å². The van der Waals surface area contributed by atoms with Gasteiger partial charge < -0.3 is 5.32 Å². The Morgan fingerprint density at radius 3 is 2.21 bits per heavy atom. The number of halogens is 3. The highest BCUT2D eigenvalue weighted by Crippen LogP contribution is 2.33. The molecule has 1 N–H and O–H groups in total. The molecule has 140 valence electrons. The average molecular weight is 379 g/mol. The van der Waals surface area contributed by atoms with E-state index < -0.39 is 11.7 Å². The predicted octanol–water partition coefficient (Wildman–Crippen LogP) is 6.37. The van der Waals surface area contributed by atoms with Gasteiger partial charge in [-0.3, -0.25) is 0 Å². The Labute approximate surface area is 159 Å². The van der Waals surface area contributed by atoms with Crippen molar-refractivity contribution in [3.05, 3.63) is 83.9 Å². The molecule has 3 aromatic carbocycles. The third-order valence-electron chi connectivity index (χ3n) is 4.46. The third kappa shape index (κ3) is 3.53. The fraction of sp³-hybridized carbons (Fsp3) is 0.0909. The van der Waals surface area contributed by atoms with Crippen LogP contribution in [0.2, 0.25) is 0 Å². The molecule has 28 heavy (non-hydrogen) atoms. The fourth-order valence-corrected chi connectivity index (χ4v) is 3.03. The van der Waals surface area contributed by atoms with Crippen molar-refractivity contribution in [2.75, 3.05) is 5.32 Å². The zero-order valence-corrected chi connectivity index (χ0v) is 15.0. The maximum absolute atomic E-state index is 13.0. The summed E-state index contributed by atoms with van der Waals surface area (Å²) in [6.07, 6.45) is -4.40. The highest BCUT2D eigenvalue weighted by molar-refractivity contribution is 6.00. The highest BCUT2D eigenvalue weighted by Gasteiger charge is 2.30. The number of fused-ring (bicyclic) bond motifs is 1. The van der Waals surface area contributed by atoms with E-state index in [1.807, 2.05) is 55.5 Å². The van der Waals surface area contributed by atoms with Crippen LogP contribution >= 0.6 is 0 Å². The van der Waals surface area contributed by atoms with Gasteiger partial charge in [-0.15, -0.1) is 10.2 Å². The molecule has 0 saturated carbocycles. The quantitative estimate of drug-likeness (QED) is 0.450. The molecule has 0 aliphatic heterocycles. The van der Waals surface area contributed by atoms with Crippen LogP contribution in [0.4, 0.5) is 24.7 Å². The number of alkyl halides is 3. The molecule has 0 bridgehead atoms. The van der Waals surface area contributed by atoms with Crippen LogP contribution in [0.15, 0.2) is 72.8 Å². The van der Waals surface area contributed by atoms with Crippen molar-refractivity contribution in [3.8, 4) is 11.3 Å². The van der Waals surface area contributed by atoms with Crippen molar-refractivity contribution >= 4 is 22.3 Å². The number of nitrogens with one attached hydrogen (secondary N) is 1. The maximum Gasteiger partial charge on any atom is 0.416 e. The predicted molar refractivity (Wildman–Crippen MR) is 104 cm³/mol. The Hall–Kier alpha value is -3.41. The summed E-state index contributed by atoms with van der Waals surface area (Å²) < 4.78 is 38.9. The van der Waals surface area contributed by atoms with E-state index in [2.05, 4.69) is 15.5 Å². The molecule has 0 aliphatic carbocycles. The van der Waals surface area contributed by atoms with Crippen LogP contribution in [0.3, 0.4) is 0 Å². The molecule has 0 unspecified atom stereocenters. The fourth-order valence-electron chi connectivity index (χ4n) is 3.03. The van der Waals surface area contributed by atoms with Gasteiger partial charge in [-0.1, -0.05) is 60.2 Å². The van der Waals surface area contributed by atoms with Gasteiger partial charge in [-0.05, 0) is 25.1 Å². The van der Waals surface area contributed by atoms with Crippen molar-refractivity contribution in [3.63, 3.8) is 0 Å². The van der Waals surface area contributed by atoms with Gasteiger partial charge in [0, 0.05) is 22.0 Å². The monoisotopic (exact) mass is 379 g/mol. The molecule has 0 amide bonds. The third-order valence-corrected chi connectivity index (χ3v) is 4.46. The van der Waals surface area contributed by atoms with E-state index in [9.17, 15) is 13.2 Å². The molecule has 1 aromatic heterocycles. The molecule has 1 heterocycles. The Morgan fingerprint density at radius 2 is 1.50 bits per heavy atom. The largest absolute Gasteiger partial charge is 0.416 e. The summed E-state index contributed by atoms with van der Waals surface area (Å²) in [4.78, 5) is 0. The lowest BCUT2D eigenvalue weighted by Gasteiger charge is -2.13. The molecule has 0 spiro atoms. The second-order valence-corrected chi connectivity index (χ2v) is 6.51. The van der Waals surface area contributed by atoms with Crippen molar-refractivity contribution in [1.82, 2.24) is 10.2 Å². The van der Waals surface area contributed by atoms with Gasteiger partial charge in [0.05, 0.1) is 5.56 Å². The molecule has 3 nitrogen and oxygen atoms in total. The zero-order chi connectivity index (χ0) is 19.7. The molecule has 0 atom stereocenters. The molecular formula is C22H16F3N3. The van der Waals surface area contributed by atoms with E-state index in [-0.39, 0.29) is 0 Å². The number of benzene rings is 3. The van der Waals surface area contributed by atoms with Crippen molar-refractivity contribution in [2.45, 2.75) is 13.1 Å². The van der Waals surface area contributed by atoms with Crippen LogP contribution in [-0.2, 0) is 6.18 Å². The van der Waals surface area contributed by atoms with Crippen molar-refractivity contribution < 1.29 is 13.2 Å². The highest BCUT2D eigenvalue weighted by atomic mass is 19.4. The normalized spacial score (nSPS) is 11.6. The number of anilines is 2. The van der Waals surface area contributed by atoms with Crippen molar-refractivity contribution in [2.24, 2.45) is 0 Å². The molecule has 0 saturated heterocycles. The standard InChI is InChI=1S/C22H16F3N3/c1-14-9-11-15(12-10-14)20-18-7-2-3-8-19(18)21(28-27-20)26-17-6-4-5-16(13-17)22(23,24)25/h2-13H,1H3,(H,26,28). The van der Waals surface area contributed by atoms with Crippen LogP contribution in [0, 0.1) is 6.92 Å². The lowest BCUT2D eigenvalue weighted by molar-refractivity contribution is -0.137. The van der Waals surface area contributed by atoms with Crippen LogP contribution < -0.4 is 5.32 Å². The summed E-state index contributed by atoms with van der Waals surface area (Å²) in [6.45, 7) is 2.01. The Morgan fingerprint density at radius 1 is 0.786 bits per heavy atom. The SMILES string of the molecule is Cc1ccc(-c2nnc(Nc3cccc(C(F)(F)F)c3)c3ccccc23)cc1. The zero-order valence-electron chi connectivity index (χ0n) is 15.0. The van der Waals surface area contributed by atoms with Gasteiger partial charge in [-0.2, -0.15) is 13.2 Å². The number of rotatable bonds is 3. The first-order valence-electron chi connectivity index (χ1n) is 8.68. The Bertz CT molecular complexity index is 1140. The average Bonchev–Trinajstić information content (AvgIpc) is 2.69. The van der Waals surface area contributed by atoms with Crippen molar-refractivity contribution in [1.29, 1.82) is 0 Å². The van der Waals surface area contributed by atoms with Crippen LogP contribution in [0.25, 0.3) is 22.0 Å². The summed E-state index contributed by atoms with van der Waals surface area (Å²) in [5.41, 5.74) is 2.39. The minimum atomic E-state index is -4.40. The number of aryl methyl sites for hydroxylation is 1. The summed E-state index contributed by atoms with van der Waals surface area (Å²) in [6, 6.07) is 20.5. The minimum Gasteiger partial charge on any atom is -0.338 e. The van der Waals surface area contributed by atoms with E-state index in [0.717, 1.165) is 39.7 Å². The second-order valence-electron chi connectivity index (χ2n) is 6.51. The molecule has 0 fully saturated rings. The Kier molecular flexibility index (Phi) is 4.47. The van der Waals surface area contributed by atoms with Crippen LogP contribution in [0.1, 0.15) is 11.1 Å². The van der Waals surface area contributed by atoms with Gasteiger partial charge in [-0.25, -0.2) is 0 Å². The second kappa shape index (κ2) is 6.96. The molecular weight excluding hydrogens is 363 g/mol.